The van der Waals surface area contributed by atoms with Crippen LogP contribution in [0.3, 0.4) is 0 Å². The average molecular weight is 570 g/mol. The van der Waals surface area contributed by atoms with E-state index in [1.54, 1.807) is 14.0 Å². The highest BCUT2D eigenvalue weighted by Crippen LogP contribution is 2.24. The number of halogens is 1. The second-order valence-electron chi connectivity index (χ2n) is 6.88. The Hall–Kier alpha value is -1.15. The third kappa shape index (κ3) is 9.89. The molecular formula is C20H36IN5O4S. The van der Waals surface area contributed by atoms with E-state index >= 15 is 0 Å². The molecule has 9 nitrogen and oxygen atoms in total. The molecule has 1 aromatic rings. The lowest BCUT2D eigenvalue weighted by atomic mass is 10.0. The Morgan fingerprint density at radius 3 is 2.42 bits per heavy atom. The van der Waals surface area contributed by atoms with Crippen LogP contribution >= 0.6 is 24.0 Å². The predicted octanol–water partition coefficient (Wildman–Crippen LogP) is 1.18. The van der Waals surface area contributed by atoms with Crippen LogP contribution in [0.25, 0.3) is 0 Å². The highest BCUT2D eigenvalue weighted by atomic mass is 127. The van der Waals surface area contributed by atoms with E-state index in [0.29, 0.717) is 38.8 Å². The molecule has 1 aliphatic rings. The number of nitrogens with zero attached hydrogens (tertiary/aromatic N) is 2. The average Bonchev–Trinajstić information content (AvgIpc) is 2.78. The van der Waals surface area contributed by atoms with E-state index in [-0.39, 0.29) is 35.8 Å². The minimum atomic E-state index is -3.19. The number of methoxy groups -OCH3 is 1. The Labute approximate surface area is 203 Å². The van der Waals surface area contributed by atoms with Gasteiger partial charge in [-0.25, -0.2) is 13.1 Å². The summed E-state index contributed by atoms with van der Waals surface area (Å²) in [5.74, 6) is 1.57. The Bertz CT molecular complexity index is 755. The molecule has 0 bridgehead atoms. The lowest BCUT2D eigenvalue weighted by Crippen LogP contribution is -2.43. The number of nitrogens with one attached hydrogen (secondary N) is 3. The fraction of sp³-hybridized carbons (Fsp3) is 0.650. The molecule has 0 radical (unpaired) electrons. The quantitative estimate of drug-likeness (QED) is 0.159. The summed E-state index contributed by atoms with van der Waals surface area (Å²) in [6.45, 7) is 8.82. The molecule has 2 rings (SSSR count). The summed E-state index contributed by atoms with van der Waals surface area (Å²) in [5.41, 5.74) is 1.17. The van der Waals surface area contributed by atoms with Gasteiger partial charge >= 0.3 is 0 Å². The first kappa shape index (κ1) is 27.9. The van der Waals surface area contributed by atoms with Crippen molar-refractivity contribution in [2.75, 3.05) is 65.3 Å². The molecular weight excluding hydrogens is 533 g/mol. The molecule has 1 saturated heterocycles. The van der Waals surface area contributed by atoms with Gasteiger partial charge in [0, 0.05) is 32.7 Å². The zero-order chi connectivity index (χ0) is 21.8. The molecule has 0 amide bonds. The second-order valence-corrected chi connectivity index (χ2v) is 8.98. The first-order chi connectivity index (χ1) is 14.5. The van der Waals surface area contributed by atoms with Crippen LogP contribution in [-0.4, -0.2) is 84.6 Å². The normalized spacial score (nSPS) is 16.3. The molecule has 178 valence electrons. The van der Waals surface area contributed by atoms with Crippen LogP contribution < -0.4 is 20.1 Å². The van der Waals surface area contributed by atoms with Crippen LogP contribution in [0.4, 0.5) is 0 Å². The minimum absolute atomic E-state index is 0. The summed E-state index contributed by atoms with van der Waals surface area (Å²) < 4.78 is 36.5. The molecule has 0 aromatic heterocycles. The van der Waals surface area contributed by atoms with Gasteiger partial charge in [-0.2, -0.15) is 0 Å². The highest BCUT2D eigenvalue weighted by molar-refractivity contribution is 14.0. The van der Waals surface area contributed by atoms with E-state index in [0.717, 1.165) is 25.4 Å². The number of benzene rings is 1. The minimum Gasteiger partial charge on any atom is -0.497 e. The van der Waals surface area contributed by atoms with E-state index in [4.69, 9.17) is 14.5 Å². The molecule has 1 aromatic carbocycles. The van der Waals surface area contributed by atoms with E-state index in [1.807, 2.05) is 19.1 Å². The molecule has 11 heteroatoms. The molecule has 1 fully saturated rings. The van der Waals surface area contributed by atoms with Gasteiger partial charge in [-0.15, -0.1) is 24.0 Å². The van der Waals surface area contributed by atoms with Crippen molar-refractivity contribution in [2.45, 2.75) is 19.9 Å². The van der Waals surface area contributed by atoms with Gasteiger partial charge in [0.1, 0.15) is 5.75 Å². The topological polar surface area (TPSA) is 104 Å². The van der Waals surface area contributed by atoms with Crippen molar-refractivity contribution < 1.29 is 17.9 Å². The number of hydrogen-bond donors (Lipinski definition) is 3. The lowest BCUT2D eigenvalue weighted by Gasteiger charge is -2.34. The van der Waals surface area contributed by atoms with E-state index in [1.165, 1.54) is 5.56 Å². The third-order valence-electron chi connectivity index (χ3n) is 4.87. The molecule has 3 N–H and O–H groups in total. The van der Waals surface area contributed by atoms with Gasteiger partial charge in [0.15, 0.2) is 5.96 Å². The summed E-state index contributed by atoms with van der Waals surface area (Å²) in [5, 5.41) is 6.41. The first-order valence-electron chi connectivity index (χ1n) is 10.4. The number of guanidine groups is 1. The van der Waals surface area contributed by atoms with Crippen LogP contribution in [0.2, 0.25) is 0 Å². The Morgan fingerprint density at radius 1 is 1.16 bits per heavy atom. The van der Waals surface area contributed by atoms with Gasteiger partial charge in [-0.3, -0.25) is 9.89 Å². The number of rotatable bonds is 11. The molecule has 0 saturated carbocycles. The fourth-order valence-corrected chi connectivity index (χ4v) is 3.77. The predicted molar refractivity (Wildman–Crippen MR) is 135 cm³/mol. The second kappa shape index (κ2) is 14.8. The maximum atomic E-state index is 11.6. The third-order valence-corrected chi connectivity index (χ3v) is 6.28. The maximum Gasteiger partial charge on any atom is 0.211 e. The largest absolute Gasteiger partial charge is 0.497 e. The first-order valence-corrected chi connectivity index (χ1v) is 12.1. The number of morpholine rings is 1. The van der Waals surface area contributed by atoms with E-state index in [2.05, 4.69) is 32.4 Å². The van der Waals surface area contributed by atoms with Gasteiger partial charge in [0.2, 0.25) is 10.0 Å². The van der Waals surface area contributed by atoms with Crippen molar-refractivity contribution in [2.24, 2.45) is 4.99 Å². The Balaban J connectivity index is 0.00000480. The molecule has 0 spiro atoms. The van der Waals surface area contributed by atoms with Crippen LogP contribution in [0, 0.1) is 0 Å². The Morgan fingerprint density at radius 2 is 1.84 bits per heavy atom. The van der Waals surface area contributed by atoms with Gasteiger partial charge in [0.05, 0.1) is 38.7 Å². The van der Waals surface area contributed by atoms with Crippen LogP contribution in [0.1, 0.15) is 25.5 Å². The number of hydrogen-bond acceptors (Lipinski definition) is 6. The van der Waals surface area contributed by atoms with Crippen molar-refractivity contribution in [1.29, 1.82) is 0 Å². The van der Waals surface area contributed by atoms with Crippen LogP contribution in [-0.2, 0) is 14.8 Å². The zero-order valence-corrected chi connectivity index (χ0v) is 21.7. The molecule has 31 heavy (non-hydrogen) atoms. The maximum absolute atomic E-state index is 11.6. The molecule has 1 heterocycles. The zero-order valence-electron chi connectivity index (χ0n) is 18.6. The number of sulfonamides is 1. The van der Waals surface area contributed by atoms with Crippen molar-refractivity contribution in [3.8, 4) is 5.75 Å². The van der Waals surface area contributed by atoms with Gasteiger partial charge in [-0.05, 0) is 31.5 Å². The van der Waals surface area contributed by atoms with Crippen molar-refractivity contribution in [1.82, 2.24) is 20.3 Å². The molecule has 1 atom stereocenters. The summed E-state index contributed by atoms with van der Waals surface area (Å²) >= 11 is 0. The smallest absolute Gasteiger partial charge is 0.211 e. The molecule has 0 aliphatic carbocycles. The van der Waals surface area contributed by atoms with E-state index in [9.17, 15) is 8.42 Å². The standard InChI is InChI=1S/C20H35N5O4S.HI/c1-4-21-20(22-10-11-24-30(26,27)5-2)23-16-19(25-12-14-29-15-13-25)17-6-8-18(28-3)9-7-17;/h6-9,19,24H,4-5,10-16H2,1-3H3,(H2,21,22,23);1H. The van der Waals surface area contributed by atoms with Crippen LogP contribution in [0.15, 0.2) is 29.3 Å². The number of aliphatic imine (C=N–C) groups is 1. The highest BCUT2D eigenvalue weighted by Gasteiger charge is 2.22. The molecule has 1 aliphatic heterocycles. The summed E-state index contributed by atoms with van der Waals surface area (Å²) in [4.78, 5) is 7.15. The monoisotopic (exact) mass is 569 g/mol. The van der Waals surface area contributed by atoms with Crippen molar-refractivity contribution >= 4 is 40.0 Å². The molecule has 1 unspecified atom stereocenters. The SMILES string of the molecule is CCNC(=NCC(c1ccc(OC)cc1)N1CCOCC1)NCCNS(=O)(=O)CC.I. The van der Waals surface area contributed by atoms with Gasteiger partial charge in [0.25, 0.3) is 0 Å². The van der Waals surface area contributed by atoms with E-state index < -0.39 is 10.0 Å². The number of ether oxygens (including phenoxy) is 2. The Kier molecular flexibility index (Phi) is 13.3. The van der Waals surface area contributed by atoms with Crippen LogP contribution in [0.5, 0.6) is 5.75 Å². The van der Waals surface area contributed by atoms with Crippen molar-refractivity contribution in [3.63, 3.8) is 0 Å². The lowest BCUT2D eigenvalue weighted by molar-refractivity contribution is 0.0179. The van der Waals surface area contributed by atoms with Gasteiger partial charge < -0.3 is 20.1 Å². The summed E-state index contributed by atoms with van der Waals surface area (Å²) in [6, 6.07) is 8.21. The van der Waals surface area contributed by atoms with Crippen molar-refractivity contribution in [3.05, 3.63) is 29.8 Å². The summed E-state index contributed by atoms with van der Waals surface area (Å²) in [6.07, 6.45) is 0. The fourth-order valence-electron chi connectivity index (χ4n) is 3.16. The van der Waals surface area contributed by atoms with Gasteiger partial charge in [-0.1, -0.05) is 12.1 Å². The summed E-state index contributed by atoms with van der Waals surface area (Å²) in [7, 11) is -1.53.